The number of H-pyrrole nitrogens is 1. The molecule has 0 spiro atoms. The number of aryl methyl sites for hydroxylation is 1. The number of Topliss-reactive ketones (excluding diaryl/α,β-unsaturated/α-hetero) is 1. The van der Waals surface area contributed by atoms with Crippen LogP contribution >= 0.6 is 15.9 Å². The highest BCUT2D eigenvalue weighted by Gasteiger charge is 2.09. The summed E-state index contributed by atoms with van der Waals surface area (Å²) in [5.41, 5.74) is 2.47. The van der Waals surface area contributed by atoms with E-state index in [4.69, 9.17) is 0 Å². The number of halogens is 1. The van der Waals surface area contributed by atoms with Gasteiger partial charge in [0.2, 0.25) is 0 Å². The fourth-order valence-electron chi connectivity index (χ4n) is 1.85. The molecule has 2 N–H and O–H groups in total. The van der Waals surface area contributed by atoms with Gasteiger partial charge in [0.1, 0.15) is 5.69 Å². The molecule has 0 aromatic carbocycles. The second kappa shape index (κ2) is 6.00. The number of hydrogen-bond acceptors (Lipinski definition) is 3. The van der Waals surface area contributed by atoms with E-state index in [1.807, 2.05) is 0 Å². The lowest BCUT2D eigenvalue weighted by molar-refractivity contribution is 0.0944. The lowest BCUT2D eigenvalue weighted by Crippen LogP contribution is -2.23. The molecule has 2 rings (SSSR count). The number of nitrogens with one attached hydrogen (secondary N) is 2. The van der Waals surface area contributed by atoms with E-state index < -0.39 is 0 Å². The van der Waals surface area contributed by atoms with Crippen LogP contribution in [-0.2, 0) is 6.54 Å². The summed E-state index contributed by atoms with van der Waals surface area (Å²) in [7, 11) is 0. The van der Waals surface area contributed by atoms with Gasteiger partial charge in [-0.15, -0.1) is 0 Å². The van der Waals surface area contributed by atoms with Crippen LogP contribution in [0.1, 0.15) is 39.2 Å². The summed E-state index contributed by atoms with van der Waals surface area (Å²) in [6.45, 7) is 3.60. The number of carbonyl (C=O) groups excluding carboxylic acids is 2. The Kier molecular flexibility index (Phi) is 4.34. The van der Waals surface area contributed by atoms with Gasteiger partial charge in [-0.2, -0.15) is 0 Å². The molecule has 0 aliphatic rings. The van der Waals surface area contributed by atoms with E-state index in [-0.39, 0.29) is 11.7 Å². The van der Waals surface area contributed by atoms with Gasteiger partial charge >= 0.3 is 0 Å². The summed E-state index contributed by atoms with van der Waals surface area (Å²) in [6.07, 6.45) is 1.69. The first kappa shape index (κ1) is 14.5. The fourth-order valence-corrected chi connectivity index (χ4v) is 2.19. The molecule has 6 heteroatoms. The highest BCUT2D eigenvalue weighted by atomic mass is 79.9. The van der Waals surface area contributed by atoms with Gasteiger partial charge in [-0.05, 0) is 48.0 Å². The van der Waals surface area contributed by atoms with Crippen LogP contribution in [0, 0.1) is 6.92 Å². The number of ketones is 1. The number of aromatic amines is 1. The number of aromatic nitrogens is 2. The largest absolute Gasteiger partial charge is 0.356 e. The predicted octanol–water partition coefficient (Wildman–Crippen LogP) is 2.61. The SMILES string of the molecule is CC(=O)c1ccc(CNC(=O)c2cc(Br)c[nH]2)nc1C. The zero-order valence-corrected chi connectivity index (χ0v) is 12.7. The van der Waals surface area contributed by atoms with Crippen molar-refractivity contribution in [2.24, 2.45) is 0 Å². The second-order valence-corrected chi connectivity index (χ2v) is 5.32. The first-order chi connectivity index (χ1) is 9.47. The monoisotopic (exact) mass is 335 g/mol. The predicted molar refractivity (Wildman–Crippen MR) is 78.6 cm³/mol. The Morgan fingerprint density at radius 2 is 2.15 bits per heavy atom. The molecule has 20 heavy (non-hydrogen) atoms. The normalized spacial score (nSPS) is 10.3. The van der Waals surface area contributed by atoms with Gasteiger partial charge in [0.25, 0.3) is 5.91 Å². The number of nitrogens with zero attached hydrogens (tertiary/aromatic N) is 1. The number of rotatable bonds is 4. The zero-order chi connectivity index (χ0) is 14.7. The summed E-state index contributed by atoms with van der Waals surface area (Å²) in [4.78, 5) is 30.3. The van der Waals surface area contributed by atoms with Gasteiger partial charge < -0.3 is 10.3 Å². The Morgan fingerprint density at radius 3 is 2.70 bits per heavy atom. The van der Waals surface area contributed by atoms with Gasteiger partial charge in [-0.1, -0.05) is 0 Å². The van der Waals surface area contributed by atoms with Crippen LogP contribution in [0.25, 0.3) is 0 Å². The number of hydrogen-bond donors (Lipinski definition) is 2. The smallest absolute Gasteiger partial charge is 0.268 e. The van der Waals surface area contributed by atoms with Crippen LogP contribution in [-0.4, -0.2) is 21.7 Å². The van der Waals surface area contributed by atoms with Crippen LogP contribution in [0.2, 0.25) is 0 Å². The van der Waals surface area contributed by atoms with E-state index in [2.05, 4.69) is 31.2 Å². The van der Waals surface area contributed by atoms with Gasteiger partial charge in [-0.3, -0.25) is 14.6 Å². The quantitative estimate of drug-likeness (QED) is 0.843. The van der Waals surface area contributed by atoms with Gasteiger partial charge in [0, 0.05) is 21.9 Å². The Balaban J connectivity index is 2.02. The minimum Gasteiger partial charge on any atom is -0.356 e. The summed E-state index contributed by atoms with van der Waals surface area (Å²) in [5.74, 6) is -0.215. The topological polar surface area (TPSA) is 74.8 Å². The van der Waals surface area contributed by atoms with E-state index in [0.29, 0.717) is 29.2 Å². The number of amides is 1. The molecular formula is C14H14BrN3O2. The molecule has 0 aliphatic carbocycles. The maximum atomic E-state index is 11.8. The van der Waals surface area contributed by atoms with Crippen molar-refractivity contribution in [1.29, 1.82) is 0 Å². The molecule has 0 fully saturated rings. The molecule has 2 aromatic rings. The van der Waals surface area contributed by atoms with Crippen molar-refractivity contribution in [2.45, 2.75) is 20.4 Å². The van der Waals surface area contributed by atoms with Crippen molar-refractivity contribution in [3.8, 4) is 0 Å². The van der Waals surface area contributed by atoms with Crippen LogP contribution in [0.3, 0.4) is 0 Å². The van der Waals surface area contributed by atoms with Crippen LogP contribution in [0.5, 0.6) is 0 Å². The van der Waals surface area contributed by atoms with Crippen molar-refractivity contribution < 1.29 is 9.59 Å². The minimum atomic E-state index is -0.203. The molecule has 0 saturated heterocycles. The maximum Gasteiger partial charge on any atom is 0.268 e. The third kappa shape index (κ3) is 3.33. The molecule has 0 unspecified atom stereocenters. The number of carbonyl (C=O) groups is 2. The zero-order valence-electron chi connectivity index (χ0n) is 11.2. The maximum absolute atomic E-state index is 11.8. The summed E-state index contributed by atoms with van der Waals surface area (Å²) < 4.78 is 0.822. The molecule has 2 aromatic heterocycles. The van der Waals surface area contributed by atoms with Crippen LogP contribution < -0.4 is 5.32 Å². The third-order valence-corrected chi connectivity index (χ3v) is 3.30. The summed E-state index contributed by atoms with van der Waals surface area (Å²) >= 11 is 3.27. The molecule has 0 saturated carbocycles. The molecule has 0 radical (unpaired) electrons. The molecule has 1 amide bonds. The molecule has 0 atom stereocenters. The first-order valence-corrected chi connectivity index (χ1v) is 6.86. The van der Waals surface area contributed by atoms with Gasteiger partial charge in [0.15, 0.2) is 5.78 Å². The van der Waals surface area contributed by atoms with Crippen molar-refractivity contribution >= 4 is 27.6 Å². The molecular weight excluding hydrogens is 322 g/mol. The average molecular weight is 336 g/mol. The molecule has 5 nitrogen and oxygen atoms in total. The highest BCUT2D eigenvalue weighted by Crippen LogP contribution is 2.11. The van der Waals surface area contributed by atoms with Gasteiger partial charge in [-0.25, -0.2) is 0 Å². The Hall–Kier alpha value is -1.95. The van der Waals surface area contributed by atoms with Crippen LogP contribution in [0.15, 0.2) is 28.9 Å². The standard InChI is InChI=1S/C14H14BrN3O2/c1-8-12(9(2)19)4-3-11(18-8)7-17-14(20)13-5-10(15)6-16-13/h3-6,16H,7H2,1-2H3,(H,17,20). The number of pyridine rings is 1. The van der Waals surface area contributed by atoms with Crippen molar-refractivity contribution in [1.82, 2.24) is 15.3 Å². The molecule has 0 bridgehead atoms. The Bertz CT molecular complexity index is 664. The van der Waals surface area contributed by atoms with Crippen LogP contribution in [0.4, 0.5) is 0 Å². The summed E-state index contributed by atoms with van der Waals surface area (Å²) in [5, 5.41) is 2.77. The minimum absolute atomic E-state index is 0.0122. The first-order valence-electron chi connectivity index (χ1n) is 6.07. The van der Waals surface area contributed by atoms with Gasteiger partial charge in [0.05, 0.1) is 12.2 Å². The summed E-state index contributed by atoms with van der Waals surface area (Å²) in [6, 6.07) is 5.18. The lowest BCUT2D eigenvalue weighted by Gasteiger charge is -2.06. The Labute approximate surface area is 124 Å². The second-order valence-electron chi connectivity index (χ2n) is 4.41. The van der Waals surface area contributed by atoms with Crippen molar-refractivity contribution in [2.75, 3.05) is 0 Å². The van der Waals surface area contributed by atoms with E-state index in [1.165, 1.54) is 6.92 Å². The van der Waals surface area contributed by atoms with E-state index in [9.17, 15) is 9.59 Å². The molecule has 0 aliphatic heterocycles. The van der Waals surface area contributed by atoms with Crippen molar-refractivity contribution in [3.63, 3.8) is 0 Å². The highest BCUT2D eigenvalue weighted by molar-refractivity contribution is 9.10. The average Bonchev–Trinajstić information content (AvgIpc) is 2.82. The molecule has 2 heterocycles. The van der Waals surface area contributed by atoms with E-state index in [1.54, 1.807) is 31.3 Å². The van der Waals surface area contributed by atoms with E-state index in [0.717, 1.165) is 4.47 Å². The Morgan fingerprint density at radius 1 is 1.40 bits per heavy atom. The van der Waals surface area contributed by atoms with Crippen molar-refractivity contribution in [3.05, 3.63) is 51.5 Å². The van der Waals surface area contributed by atoms with E-state index >= 15 is 0 Å². The third-order valence-electron chi connectivity index (χ3n) is 2.85. The fraction of sp³-hybridized carbons (Fsp3) is 0.214. The molecule has 104 valence electrons. The lowest BCUT2D eigenvalue weighted by atomic mass is 10.1.